The maximum atomic E-state index is 10.6. The van der Waals surface area contributed by atoms with Crippen molar-refractivity contribution >= 4 is 0 Å². The van der Waals surface area contributed by atoms with E-state index in [9.17, 15) is 4.79 Å². The first kappa shape index (κ1) is 8.95. The summed E-state index contributed by atoms with van der Waals surface area (Å²) >= 11 is 0. The Morgan fingerprint density at radius 1 is 1.83 bits per heavy atom. The molecule has 0 aromatic carbocycles. The van der Waals surface area contributed by atoms with Crippen LogP contribution in [0.25, 0.3) is 0 Å². The second-order valence-electron chi connectivity index (χ2n) is 2.79. The summed E-state index contributed by atoms with van der Waals surface area (Å²) in [4.78, 5) is 12.9. The van der Waals surface area contributed by atoms with Crippen LogP contribution >= 0.6 is 0 Å². The number of ether oxygens (including phenoxy) is 1. The summed E-state index contributed by atoms with van der Waals surface area (Å²) in [6, 6.07) is 0. The molecule has 0 aliphatic heterocycles. The highest BCUT2D eigenvalue weighted by atomic mass is 16.5. The third-order valence-electron chi connectivity index (χ3n) is 1.43. The Morgan fingerprint density at radius 2 is 2.50 bits per heavy atom. The van der Waals surface area contributed by atoms with Crippen LogP contribution < -0.4 is 11.5 Å². The predicted octanol–water partition coefficient (Wildman–Crippen LogP) is -0.817. The van der Waals surface area contributed by atoms with Crippen LogP contribution in [0.2, 0.25) is 0 Å². The molecule has 1 rings (SSSR count). The summed E-state index contributed by atoms with van der Waals surface area (Å²) < 4.78 is 9.14. The van der Waals surface area contributed by atoms with Crippen LogP contribution in [-0.4, -0.2) is 23.9 Å². The summed E-state index contributed by atoms with van der Waals surface area (Å²) in [5.74, 6) is -0.327. The van der Waals surface area contributed by atoms with Gasteiger partial charge in [0.2, 0.25) is 0 Å². The van der Waals surface area contributed by atoms with E-state index in [2.05, 4.69) is 14.7 Å². The van der Waals surface area contributed by atoms with Gasteiger partial charge in [-0.3, -0.25) is 9.51 Å². The Labute approximate surface area is 68.7 Å². The molecule has 1 atom stereocenters. The lowest BCUT2D eigenvalue weighted by molar-refractivity contribution is 0.135. The quantitative estimate of drug-likeness (QED) is 0.623. The van der Waals surface area contributed by atoms with Crippen LogP contribution in [0, 0.1) is 0 Å². The molecule has 12 heavy (non-hydrogen) atoms. The summed E-state index contributed by atoms with van der Waals surface area (Å²) in [6.07, 6.45) is 0. The van der Waals surface area contributed by atoms with Crippen molar-refractivity contribution in [3.8, 4) is 0 Å². The highest BCUT2D eigenvalue weighted by Crippen LogP contribution is 2.10. The average Bonchev–Trinajstić information content (AvgIpc) is 2.36. The molecule has 1 aromatic heterocycles. The molecule has 0 fully saturated rings. The summed E-state index contributed by atoms with van der Waals surface area (Å²) in [7, 11) is 1.52. The Kier molecular flexibility index (Phi) is 2.30. The van der Waals surface area contributed by atoms with Crippen molar-refractivity contribution in [3.05, 3.63) is 16.4 Å². The number of rotatable bonds is 3. The van der Waals surface area contributed by atoms with Gasteiger partial charge in [0.15, 0.2) is 5.82 Å². The van der Waals surface area contributed by atoms with E-state index in [0.717, 1.165) is 0 Å². The first-order valence-corrected chi connectivity index (χ1v) is 3.40. The Bertz CT molecular complexity index is 301. The molecular formula is C6H11N3O3. The van der Waals surface area contributed by atoms with Crippen LogP contribution in [0.4, 0.5) is 0 Å². The van der Waals surface area contributed by atoms with E-state index in [1.807, 2.05) is 0 Å². The van der Waals surface area contributed by atoms with E-state index in [1.165, 1.54) is 7.11 Å². The van der Waals surface area contributed by atoms with Crippen molar-refractivity contribution < 1.29 is 9.26 Å². The summed E-state index contributed by atoms with van der Waals surface area (Å²) in [5.41, 5.74) is 4.93. The molecular weight excluding hydrogens is 162 g/mol. The normalized spacial score (nSPS) is 15.9. The fourth-order valence-electron chi connectivity index (χ4n) is 0.845. The number of hydrogen-bond donors (Lipinski definition) is 2. The van der Waals surface area contributed by atoms with Gasteiger partial charge in [0.25, 0.3) is 0 Å². The molecule has 0 radical (unpaired) electrons. The molecule has 0 spiro atoms. The molecule has 0 saturated carbocycles. The lowest BCUT2D eigenvalue weighted by Gasteiger charge is -2.18. The van der Waals surface area contributed by atoms with E-state index in [4.69, 9.17) is 10.5 Å². The fourth-order valence-corrected chi connectivity index (χ4v) is 0.845. The Hall–Kier alpha value is -1.14. The minimum Gasteiger partial charge on any atom is -0.382 e. The van der Waals surface area contributed by atoms with Crippen molar-refractivity contribution in [3.63, 3.8) is 0 Å². The zero-order chi connectivity index (χ0) is 9.19. The molecule has 0 amide bonds. The molecule has 68 valence electrons. The molecule has 0 bridgehead atoms. The van der Waals surface area contributed by atoms with Gasteiger partial charge in [-0.25, -0.2) is 4.79 Å². The summed E-state index contributed by atoms with van der Waals surface area (Å²) in [5, 5.41) is 3.46. The smallest absolute Gasteiger partial charge is 0.382 e. The van der Waals surface area contributed by atoms with Gasteiger partial charge in [-0.1, -0.05) is 5.16 Å². The van der Waals surface area contributed by atoms with Gasteiger partial charge >= 0.3 is 5.76 Å². The highest BCUT2D eigenvalue weighted by Gasteiger charge is 2.25. The fraction of sp³-hybridized carbons (Fsp3) is 0.667. The summed E-state index contributed by atoms with van der Waals surface area (Å²) in [6.45, 7) is 1.94. The number of hydrogen-bond acceptors (Lipinski definition) is 5. The van der Waals surface area contributed by atoms with Gasteiger partial charge in [0.1, 0.15) is 0 Å². The number of nitrogens with one attached hydrogen (secondary N) is 1. The second kappa shape index (κ2) is 3.08. The third-order valence-corrected chi connectivity index (χ3v) is 1.43. The number of methoxy groups -OCH3 is 1. The average molecular weight is 173 g/mol. The van der Waals surface area contributed by atoms with Gasteiger partial charge < -0.3 is 10.5 Å². The first-order chi connectivity index (χ1) is 5.56. The number of aromatic nitrogens is 2. The van der Waals surface area contributed by atoms with Crippen molar-refractivity contribution in [1.82, 2.24) is 10.1 Å². The lowest BCUT2D eigenvalue weighted by Crippen LogP contribution is -2.39. The van der Waals surface area contributed by atoms with Gasteiger partial charge in [0, 0.05) is 7.11 Å². The standard InChI is InChI=1S/C6H11N3O3/c1-6(7,3-11-2)4-8-5(10)12-9-4/h3,7H2,1-2H3,(H,8,9,10). The van der Waals surface area contributed by atoms with Crippen LogP contribution in [0.5, 0.6) is 0 Å². The van der Waals surface area contributed by atoms with E-state index in [0.29, 0.717) is 0 Å². The van der Waals surface area contributed by atoms with Crippen molar-refractivity contribution in [2.24, 2.45) is 5.73 Å². The predicted molar refractivity (Wildman–Crippen MR) is 40.5 cm³/mol. The number of nitrogens with zero attached hydrogens (tertiary/aromatic N) is 1. The van der Waals surface area contributed by atoms with Crippen molar-refractivity contribution in [1.29, 1.82) is 0 Å². The van der Waals surface area contributed by atoms with Gasteiger partial charge in [-0.05, 0) is 6.92 Å². The van der Waals surface area contributed by atoms with Gasteiger partial charge in [-0.2, -0.15) is 0 Å². The van der Waals surface area contributed by atoms with E-state index < -0.39 is 11.3 Å². The van der Waals surface area contributed by atoms with Crippen molar-refractivity contribution in [2.75, 3.05) is 13.7 Å². The van der Waals surface area contributed by atoms with Gasteiger partial charge in [0.05, 0.1) is 12.1 Å². The van der Waals surface area contributed by atoms with E-state index in [1.54, 1.807) is 6.92 Å². The van der Waals surface area contributed by atoms with Crippen molar-refractivity contribution in [2.45, 2.75) is 12.5 Å². The Balaban J connectivity index is 2.88. The van der Waals surface area contributed by atoms with Crippen LogP contribution in [-0.2, 0) is 10.3 Å². The molecule has 6 heteroatoms. The first-order valence-electron chi connectivity index (χ1n) is 3.40. The molecule has 1 heterocycles. The second-order valence-corrected chi connectivity index (χ2v) is 2.79. The van der Waals surface area contributed by atoms with E-state index >= 15 is 0 Å². The van der Waals surface area contributed by atoms with E-state index in [-0.39, 0.29) is 12.4 Å². The maximum absolute atomic E-state index is 10.6. The molecule has 6 nitrogen and oxygen atoms in total. The Morgan fingerprint density at radius 3 is 2.92 bits per heavy atom. The van der Waals surface area contributed by atoms with Gasteiger partial charge in [-0.15, -0.1) is 0 Å². The molecule has 3 N–H and O–H groups in total. The van der Waals surface area contributed by atoms with Crippen LogP contribution in [0.3, 0.4) is 0 Å². The molecule has 0 aliphatic rings. The van der Waals surface area contributed by atoms with Crippen LogP contribution in [0.1, 0.15) is 12.7 Å². The highest BCUT2D eigenvalue weighted by molar-refractivity contribution is 4.98. The largest absolute Gasteiger partial charge is 0.438 e. The molecule has 0 aliphatic carbocycles. The SMILES string of the molecule is COCC(C)(N)c1noc(=O)[nH]1. The molecule has 0 saturated heterocycles. The monoisotopic (exact) mass is 173 g/mol. The van der Waals surface area contributed by atoms with Crippen LogP contribution in [0.15, 0.2) is 9.32 Å². The third kappa shape index (κ3) is 1.72. The number of aromatic amines is 1. The minimum absolute atomic E-state index is 0.259. The lowest BCUT2D eigenvalue weighted by atomic mass is 10.1. The minimum atomic E-state index is -0.819. The number of nitrogens with two attached hydrogens (primary N) is 1. The number of H-pyrrole nitrogens is 1. The topological polar surface area (TPSA) is 94.1 Å². The maximum Gasteiger partial charge on any atom is 0.438 e. The zero-order valence-electron chi connectivity index (χ0n) is 6.96. The molecule has 1 unspecified atom stereocenters. The molecule has 1 aromatic rings. The zero-order valence-corrected chi connectivity index (χ0v) is 6.96.